The minimum atomic E-state index is -1.15. The van der Waals surface area contributed by atoms with E-state index in [1.807, 2.05) is 0 Å². The van der Waals surface area contributed by atoms with E-state index in [4.69, 9.17) is 5.73 Å². The van der Waals surface area contributed by atoms with Crippen molar-refractivity contribution in [2.24, 2.45) is 11.7 Å². The van der Waals surface area contributed by atoms with Crippen molar-refractivity contribution in [3.8, 4) is 0 Å². The Bertz CT molecular complexity index is 664. The highest BCUT2D eigenvalue weighted by Gasteiger charge is 2.49. The van der Waals surface area contributed by atoms with E-state index in [0.29, 0.717) is 5.56 Å². The van der Waals surface area contributed by atoms with Crippen LogP contribution in [0.4, 0.5) is 0 Å². The van der Waals surface area contributed by atoms with Gasteiger partial charge in [-0.05, 0) is 19.4 Å². The second-order valence-corrected chi connectivity index (χ2v) is 8.38. The Morgan fingerprint density at radius 2 is 1.84 bits per heavy atom. The smallest absolute Gasteiger partial charge is 0.322 e. The molecule has 1 aliphatic rings. The molecule has 0 aliphatic carbocycles. The van der Waals surface area contributed by atoms with Crippen molar-refractivity contribution in [3.63, 3.8) is 0 Å². The SMILES string of the molecule is CC1(C)SC(C(CC(=O)[C@H](N)c2ccccc2)C(=O)O)N[C@H]1C(=O)O. The summed E-state index contributed by atoms with van der Waals surface area (Å²) < 4.78 is -0.686. The highest BCUT2D eigenvalue weighted by Crippen LogP contribution is 2.41. The zero-order valence-electron chi connectivity index (χ0n) is 14.0. The Hall–Kier alpha value is -1.90. The summed E-state index contributed by atoms with van der Waals surface area (Å²) in [6.07, 6.45) is -0.265. The minimum Gasteiger partial charge on any atom is -0.481 e. The molecule has 1 aromatic rings. The number of ketones is 1. The number of benzene rings is 1. The summed E-state index contributed by atoms with van der Waals surface area (Å²) in [5.74, 6) is -3.65. The quantitative estimate of drug-likeness (QED) is 0.567. The van der Waals surface area contributed by atoms with Crippen LogP contribution in [0.5, 0.6) is 0 Å². The molecule has 1 fully saturated rings. The van der Waals surface area contributed by atoms with Gasteiger partial charge in [-0.15, -0.1) is 11.8 Å². The number of thioether (sulfide) groups is 1. The average molecular weight is 366 g/mol. The summed E-state index contributed by atoms with van der Waals surface area (Å²) in [6.45, 7) is 3.47. The predicted molar refractivity (Wildman–Crippen MR) is 94.1 cm³/mol. The fraction of sp³-hybridized carbons (Fsp3) is 0.471. The molecule has 0 radical (unpaired) electrons. The Kier molecular flexibility index (Phi) is 5.87. The highest BCUT2D eigenvalue weighted by atomic mass is 32.2. The van der Waals surface area contributed by atoms with Crippen LogP contribution in [0.15, 0.2) is 30.3 Å². The molecule has 136 valence electrons. The average Bonchev–Trinajstić information content (AvgIpc) is 2.87. The monoisotopic (exact) mass is 366 g/mol. The van der Waals surface area contributed by atoms with Gasteiger partial charge in [-0.3, -0.25) is 19.7 Å². The van der Waals surface area contributed by atoms with Crippen molar-refractivity contribution in [2.45, 2.75) is 42.5 Å². The van der Waals surface area contributed by atoms with Crippen LogP contribution in [0.25, 0.3) is 0 Å². The number of hydrogen-bond acceptors (Lipinski definition) is 6. The van der Waals surface area contributed by atoms with E-state index in [9.17, 15) is 24.6 Å². The summed E-state index contributed by atoms with van der Waals surface area (Å²) in [7, 11) is 0. The third-order valence-electron chi connectivity index (χ3n) is 4.31. The zero-order chi connectivity index (χ0) is 18.8. The summed E-state index contributed by atoms with van der Waals surface area (Å²) in [6, 6.07) is 6.94. The van der Waals surface area contributed by atoms with E-state index < -0.39 is 45.8 Å². The van der Waals surface area contributed by atoms with Gasteiger partial charge in [0.25, 0.3) is 0 Å². The molecule has 1 heterocycles. The van der Waals surface area contributed by atoms with Crippen molar-refractivity contribution in [1.82, 2.24) is 5.32 Å². The van der Waals surface area contributed by atoms with E-state index in [-0.39, 0.29) is 6.42 Å². The van der Waals surface area contributed by atoms with Crippen molar-refractivity contribution in [2.75, 3.05) is 0 Å². The van der Waals surface area contributed by atoms with Crippen LogP contribution in [0.1, 0.15) is 31.9 Å². The van der Waals surface area contributed by atoms with Crippen LogP contribution < -0.4 is 11.1 Å². The molecule has 2 unspecified atom stereocenters. The van der Waals surface area contributed by atoms with Gasteiger partial charge in [0.1, 0.15) is 6.04 Å². The zero-order valence-corrected chi connectivity index (χ0v) is 14.8. The fourth-order valence-corrected chi connectivity index (χ4v) is 4.42. The number of nitrogens with two attached hydrogens (primary N) is 1. The molecule has 7 nitrogen and oxygen atoms in total. The first-order chi connectivity index (χ1) is 11.6. The lowest BCUT2D eigenvalue weighted by atomic mass is 9.94. The van der Waals surface area contributed by atoms with Crippen molar-refractivity contribution < 1.29 is 24.6 Å². The molecule has 4 atom stereocenters. The van der Waals surface area contributed by atoms with E-state index in [1.165, 1.54) is 11.8 Å². The third-order valence-corrected chi connectivity index (χ3v) is 5.87. The highest BCUT2D eigenvalue weighted by molar-refractivity contribution is 8.01. The Labute approximate surface area is 150 Å². The number of carbonyl (C=O) groups is 3. The van der Waals surface area contributed by atoms with Crippen LogP contribution in [0, 0.1) is 5.92 Å². The number of nitrogens with one attached hydrogen (secondary N) is 1. The minimum absolute atomic E-state index is 0.265. The molecule has 1 aliphatic heterocycles. The van der Waals surface area contributed by atoms with Crippen LogP contribution in [-0.2, 0) is 14.4 Å². The maximum Gasteiger partial charge on any atom is 0.322 e. The van der Waals surface area contributed by atoms with Gasteiger partial charge in [0.15, 0.2) is 5.78 Å². The van der Waals surface area contributed by atoms with E-state index in [2.05, 4.69) is 5.32 Å². The van der Waals surface area contributed by atoms with Gasteiger partial charge in [0, 0.05) is 11.2 Å². The summed E-state index contributed by atoms with van der Waals surface area (Å²) >= 11 is 1.22. The van der Waals surface area contributed by atoms with Gasteiger partial charge >= 0.3 is 11.9 Å². The molecule has 8 heteroatoms. The molecule has 1 aromatic carbocycles. The Morgan fingerprint density at radius 3 is 2.32 bits per heavy atom. The Morgan fingerprint density at radius 1 is 1.24 bits per heavy atom. The summed E-state index contributed by atoms with van der Waals surface area (Å²) in [5, 5.41) is 21.0. The maximum atomic E-state index is 12.5. The van der Waals surface area contributed by atoms with Gasteiger partial charge in [0.05, 0.1) is 17.3 Å². The Balaban J connectivity index is 2.13. The maximum absolute atomic E-state index is 12.5. The number of carboxylic acid groups (broad SMARTS) is 2. The van der Waals surface area contributed by atoms with Crippen LogP contribution in [0.2, 0.25) is 0 Å². The van der Waals surface area contributed by atoms with Crippen LogP contribution in [0.3, 0.4) is 0 Å². The van der Waals surface area contributed by atoms with E-state index in [1.54, 1.807) is 44.2 Å². The normalized spacial score (nSPS) is 24.4. The largest absolute Gasteiger partial charge is 0.481 e. The number of carbonyl (C=O) groups excluding carboxylic acids is 1. The number of aliphatic carboxylic acids is 2. The summed E-state index contributed by atoms with van der Waals surface area (Å²) in [4.78, 5) is 35.5. The number of hydrogen-bond donors (Lipinski definition) is 4. The lowest BCUT2D eigenvalue weighted by Crippen LogP contribution is -2.47. The predicted octanol–water partition coefficient (Wildman–Crippen LogP) is 1.24. The molecule has 0 bridgehead atoms. The second kappa shape index (κ2) is 7.55. The molecule has 5 N–H and O–H groups in total. The van der Waals surface area contributed by atoms with Crippen molar-refractivity contribution >= 4 is 29.5 Å². The molecule has 1 saturated heterocycles. The third kappa shape index (κ3) is 4.39. The number of Topliss-reactive ketones (excluding diaryl/α,β-unsaturated/α-hetero) is 1. The molecule has 2 rings (SSSR count). The molecule has 0 spiro atoms. The van der Waals surface area contributed by atoms with E-state index >= 15 is 0 Å². The lowest BCUT2D eigenvalue weighted by Gasteiger charge is -2.22. The number of carboxylic acids is 2. The lowest BCUT2D eigenvalue weighted by molar-refractivity contribution is -0.145. The second-order valence-electron chi connectivity index (χ2n) is 6.58. The van der Waals surface area contributed by atoms with Gasteiger partial charge in [-0.25, -0.2) is 0 Å². The first-order valence-corrected chi connectivity index (χ1v) is 8.74. The van der Waals surface area contributed by atoms with Gasteiger partial charge in [-0.1, -0.05) is 30.3 Å². The molecule has 0 amide bonds. The molecule has 25 heavy (non-hydrogen) atoms. The van der Waals surface area contributed by atoms with Gasteiger partial charge in [-0.2, -0.15) is 0 Å². The molecule has 0 saturated carbocycles. The van der Waals surface area contributed by atoms with Gasteiger partial charge in [0.2, 0.25) is 0 Å². The number of rotatable bonds is 7. The van der Waals surface area contributed by atoms with Gasteiger partial charge < -0.3 is 15.9 Å². The van der Waals surface area contributed by atoms with Crippen LogP contribution in [-0.4, -0.2) is 44.1 Å². The van der Waals surface area contributed by atoms with Crippen molar-refractivity contribution in [3.05, 3.63) is 35.9 Å². The van der Waals surface area contributed by atoms with Crippen LogP contribution >= 0.6 is 11.8 Å². The molecule has 0 aromatic heterocycles. The first kappa shape index (κ1) is 19.4. The van der Waals surface area contributed by atoms with E-state index in [0.717, 1.165) is 0 Å². The molecular weight excluding hydrogens is 344 g/mol. The van der Waals surface area contributed by atoms with Crippen molar-refractivity contribution in [1.29, 1.82) is 0 Å². The standard InChI is InChI=1S/C17H22N2O5S/c1-17(2)13(16(23)24)19-14(25-17)10(15(21)22)8-11(20)12(18)9-6-4-3-5-7-9/h3-7,10,12-14,19H,8,18H2,1-2H3,(H,21,22)(H,23,24)/t10?,12-,13+,14?/m1/s1. The molecular formula is C17H22N2O5S. The fourth-order valence-electron chi connectivity index (χ4n) is 2.88. The first-order valence-electron chi connectivity index (χ1n) is 7.86. The topological polar surface area (TPSA) is 130 Å². The summed E-state index contributed by atoms with van der Waals surface area (Å²) in [5.41, 5.74) is 6.57.